The number of fused-ring (bicyclic) bond motifs is 7. The fourth-order valence-corrected chi connectivity index (χ4v) is 9.30. The minimum Gasteiger partial charge on any atom is -0.466 e. The number of rotatable bonds is 7. The lowest BCUT2D eigenvalue weighted by molar-refractivity contribution is 0.212. The monoisotopic (exact) mass is 781 g/mol. The predicted molar refractivity (Wildman–Crippen MR) is 253 cm³/mol. The molecule has 2 heterocycles. The van der Waals surface area contributed by atoms with E-state index in [1.165, 1.54) is 49.3 Å². The van der Waals surface area contributed by atoms with Gasteiger partial charge in [-0.25, -0.2) is 4.99 Å². The zero-order chi connectivity index (χ0) is 40.3. The van der Waals surface area contributed by atoms with Gasteiger partial charge >= 0.3 is 0 Å². The first kappa shape index (κ1) is 35.0. The second-order valence-electron chi connectivity index (χ2n) is 15.9. The number of hydrogen-bond donors (Lipinski definition) is 0. The zero-order valence-corrected chi connectivity index (χ0v) is 33.3. The molecule has 0 saturated heterocycles. The molecule has 1 aromatic heterocycles. The van der Waals surface area contributed by atoms with E-state index in [0.29, 0.717) is 5.90 Å². The van der Waals surface area contributed by atoms with Crippen LogP contribution >= 0.6 is 0 Å². The van der Waals surface area contributed by atoms with Crippen LogP contribution < -0.4 is 4.90 Å². The van der Waals surface area contributed by atoms with Crippen LogP contribution in [0.3, 0.4) is 0 Å². The number of allylic oxidation sites excluding steroid dienone is 5. The summed E-state index contributed by atoms with van der Waals surface area (Å²) < 4.78 is 8.85. The molecule has 0 radical (unpaired) electrons. The van der Waals surface area contributed by atoms with Crippen molar-refractivity contribution >= 4 is 61.1 Å². The van der Waals surface area contributed by atoms with Crippen molar-refractivity contribution in [3.8, 4) is 16.8 Å². The summed E-state index contributed by atoms with van der Waals surface area (Å²) in [5.74, 6) is 0.807. The first-order valence-corrected chi connectivity index (χ1v) is 20.9. The van der Waals surface area contributed by atoms with Gasteiger partial charge in [-0.1, -0.05) is 146 Å². The first-order chi connectivity index (χ1) is 30.2. The topological polar surface area (TPSA) is 29.8 Å². The van der Waals surface area contributed by atoms with Crippen molar-refractivity contribution < 1.29 is 4.74 Å². The van der Waals surface area contributed by atoms with Crippen molar-refractivity contribution in [2.45, 2.75) is 6.10 Å². The minimum atomic E-state index is -0.120. The molecule has 0 bridgehead atoms. The summed E-state index contributed by atoms with van der Waals surface area (Å²) in [5, 5.41) is 4.95. The molecule has 288 valence electrons. The van der Waals surface area contributed by atoms with E-state index in [9.17, 15) is 0 Å². The van der Waals surface area contributed by atoms with Gasteiger partial charge in [0, 0.05) is 45.0 Å². The number of nitrogens with zero attached hydrogens (tertiary/aromatic N) is 3. The highest BCUT2D eigenvalue weighted by Crippen LogP contribution is 2.43. The van der Waals surface area contributed by atoms with Crippen LogP contribution in [0.1, 0.15) is 11.1 Å². The molecule has 1 aliphatic heterocycles. The molecule has 3 aliphatic rings. The van der Waals surface area contributed by atoms with Crippen molar-refractivity contribution in [1.82, 2.24) is 4.57 Å². The fourth-order valence-electron chi connectivity index (χ4n) is 9.30. The van der Waals surface area contributed by atoms with Crippen LogP contribution in [0, 0.1) is 5.92 Å². The van der Waals surface area contributed by atoms with Crippen LogP contribution in [-0.4, -0.2) is 16.6 Å². The lowest BCUT2D eigenvalue weighted by atomic mass is 9.81. The van der Waals surface area contributed by atoms with Crippen LogP contribution in [0.15, 0.2) is 241 Å². The molecule has 8 aromatic carbocycles. The van der Waals surface area contributed by atoms with E-state index < -0.39 is 0 Å². The van der Waals surface area contributed by atoms with E-state index in [4.69, 9.17) is 9.73 Å². The fraction of sp³-hybridized carbons (Fsp3) is 0.0351. The quantitative estimate of drug-likeness (QED) is 0.161. The van der Waals surface area contributed by atoms with E-state index >= 15 is 0 Å². The summed E-state index contributed by atoms with van der Waals surface area (Å²) in [4.78, 5) is 7.23. The molecule has 2 aliphatic carbocycles. The highest BCUT2D eigenvalue weighted by atomic mass is 16.5. The lowest BCUT2D eigenvalue weighted by Crippen LogP contribution is -2.26. The van der Waals surface area contributed by atoms with Crippen molar-refractivity contribution in [2.24, 2.45) is 10.9 Å². The average molecular weight is 782 g/mol. The van der Waals surface area contributed by atoms with Gasteiger partial charge in [-0.2, -0.15) is 0 Å². The summed E-state index contributed by atoms with van der Waals surface area (Å²) >= 11 is 0. The van der Waals surface area contributed by atoms with E-state index in [1.807, 2.05) is 18.2 Å². The van der Waals surface area contributed by atoms with Crippen LogP contribution in [0.4, 0.5) is 17.1 Å². The Balaban J connectivity index is 0.922. The van der Waals surface area contributed by atoms with E-state index in [0.717, 1.165) is 45.1 Å². The van der Waals surface area contributed by atoms with Gasteiger partial charge in [0.1, 0.15) is 0 Å². The molecule has 61 heavy (non-hydrogen) atoms. The maximum atomic E-state index is 6.47. The third-order valence-corrected chi connectivity index (χ3v) is 12.3. The highest BCUT2D eigenvalue weighted by Gasteiger charge is 2.36. The Morgan fingerprint density at radius 3 is 1.95 bits per heavy atom. The van der Waals surface area contributed by atoms with Crippen LogP contribution in [0.5, 0.6) is 0 Å². The molecule has 2 atom stereocenters. The maximum Gasteiger partial charge on any atom is 0.221 e. The van der Waals surface area contributed by atoms with Crippen molar-refractivity contribution in [1.29, 1.82) is 0 Å². The standard InChI is InChI=1S/C57H39N3O/c1-3-12-41(13-4-1)57-58-53-34-26-45-36-44(25-32-50(45)56(53)61-57)40-23-29-48(30-24-40)59(47-27-21-39(22-28-47)43-20-19-38-11-7-8-14-42(38)35-43)49-31-33-52-51-17-9-10-18-54(51)60(55(52)37-49)46-15-5-2-6-16-46/h1-37,50,56H. The van der Waals surface area contributed by atoms with Crippen molar-refractivity contribution in [2.75, 3.05) is 4.90 Å². The molecule has 0 saturated carbocycles. The molecule has 2 unspecified atom stereocenters. The summed E-state index contributed by atoms with van der Waals surface area (Å²) in [5.41, 5.74) is 14.7. The van der Waals surface area contributed by atoms with Crippen molar-refractivity contribution in [3.05, 3.63) is 247 Å². The Kier molecular flexibility index (Phi) is 8.27. The van der Waals surface area contributed by atoms with Crippen LogP contribution in [0.2, 0.25) is 0 Å². The maximum absolute atomic E-state index is 6.47. The van der Waals surface area contributed by atoms with Crippen LogP contribution in [-0.2, 0) is 4.74 Å². The second kappa shape index (κ2) is 14.4. The molecule has 0 spiro atoms. The number of benzene rings is 8. The second-order valence-corrected chi connectivity index (χ2v) is 15.9. The lowest BCUT2D eigenvalue weighted by Gasteiger charge is -2.28. The number of aliphatic imine (C=N–C) groups is 1. The van der Waals surface area contributed by atoms with Gasteiger partial charge in [-0.05, 0) is 117 Å². The number of ether oxygens (including phenoxy) is 1. The SMILES string of the molecule is C1=CC2C(=CC=C3N=C(c4ccccc4)OC32)C=C1c1ccc(N(c2ccc(-c3ccc4ccccc4c3)cc2)c2ccc3c4ccccc4n(-c4ccccc4)c3c2)cc1. The van der Waals surface area contributed by atoms with Crippen LogP contribution in [0.25, 0.3) is 55.0 Å². The van der Waals surface area contributed by atoms with Gasteiger partial charge in [-0.3, -0.25) is 0 Å². The van der Waals surface area contributed by atoms with Gasteiger partial charge in [0.2, 0.25) is 5.90 Å². The normalized spacial score (nSPS) is 16.7. The Bertz CT molecular complexity index is 3310. The molecule has 4 heteroatoms. The van der Waals surface area contributed by atoms with E-state index in [-0.39, 0.29) is 12.0 Å². The Hall–Kier alpha value is -7.95. The summed E-state index contributed by atoms with van der Waals surface area (Å²) in [6.45, 7) is 0. The average Bonchev–Trinajstić information content (AvgIpc) is 3.92. The van der Waals surface area contributed by atoms with Gasteiger partial charge in [0.15, 0.2) is 6.10 Å². The molecule has 4 nitrogen and oxygen atoms in total. The third kappa shape index (κ3) is 6.11. The van der Waals surface area contributed by atoms with E-state index in [1.54, 1.807) is 0 Å². The van der Waals surface area contributed by atoms with Gasteiger partial charge in [0.05, 0.1) is 16.7 Å². The molecule has 0 amide bonds. The molecular weight excluding hydrogens is 743 g/mol. The van der Waals surface area contributed by atoms with Gasteiger partial charge in [0.25, 0.3) is 0 Å². The van der Waals surface area contributed by atoms with E-state index in [2.05, 4.69) is 216 Å². The molecule has 12 rings (SSSR count). The predicted octanol–water partition coefficient (Wildman–Crippen LogP) is 14.3. The summed E-state index contributed by atoms with van der Waals surface area (Å²) in [6.07, 6.45) is 11.0. The smallest absolute Gasteiger partial charge is 0.221 e. The number of aromatic nitrogens is 1. The van der Waals surface area contributed by atoms with Gasteiger partial charge < -0.3 is 14.2 Å². The summed E-state index contributed by atoms with van der Waals surface area (Å²) in [7, 11) is 0. The number of para-hydroxylation sites is 2. The third-order valence-electron chi connectivity index (χ3n) is 12.3. The van der Waals surface area contributed by atoms with Gasteiger partial charge in [-0.15, -0.1) is 0 Å². The number of hydrogen-bond acceptors (Lipinski definition) is 3. The Morgan fingerprint density at radius 2 is 1.15 bits per heavy atom. The molecule has 0 fully saturated rings. The summed E-state index contributed by atoms with van der Waals surface area (Å²) in [6, 6.07) is 69.6. The number of anilines is 3. The zero-order valence-electron chi connectivity index (χ0n) is 33.3. The molecule has 9 aromatic rings. The highest BCUT2D eigenvalue weighted by molar-refractivity contribution is 6.10. The van der Waals surface area contributed by atoms with Crippen molar-refractivity contribution in [3.63, 3.8) is 0 Å². The minimum absolute atomic E-state index is 0.113. The molecular formula is C57H39N3O. The Morgan fingerprint density at radius 1 is 0.492 bits per heavy atom. The largest absolute Gasteiger partial charge is 0.466 e. The molecule has 0 N–H and O–H groups in total. The Labute approximate surface area is 354 Å². The first-order valence-electron chi connectivity index (χ1n) is 20.9.